The van der Waals surface area contributed by atoms with Gasteiger partial charge in [-0.1, -0.05) is 24.3 Å². The molecule has 1 atom stereocenters. The number of carbonyl (C=O) groups is 1. The van der Waals surface area contributed by atoms with Crippen LogP contribution < -0.4 is 10.6 Å². The molecule has 0 unspecified atom stereocenters. The number of aryl methyl sites for hydroxylation is 1. The Bertz CT molecular complexity index is 537. The summed E-state index contributed by atoms with van der Waals surface area (Å²) in [6, 6.07) is 12.1. The van der Waals surface area contributed by atoms with Gasteiger partial charge in [0.05, 0.1) is 6.54 Å². The van der Waals surface area contributed by atoms with E-state index in [1.165, 1.54) is 4.88 Å². The third-order valence-electron chi connectivity index (χ3n) is 2.96. The van der Waals surface area contributed by atoms with Crippen molar-refractivity contribution in [3.8, 4) is 0 Å². The van der Waals surface area contributed by atoms with Crippen LogP contribution in [0, 0.1) is 6.92 Å². The minimum atomic E-state index is -0.0160. The summed E-state index contributed by atoms with van der Waals surface area (Å²) < 4.78 is 0. The van der Waals surface area contributed by atoms with Crippen molar-refractivity contribution in [1.29, 1.82) is 0 Å². The molecule has 0 saturated carbocycles. The molecule has 19 heavy (non-hydrogen) atoms. The zero-order valence-corrected chi connectivity index (χ0v) is 12.0. The minimum Gasteiger partial charge on any atom is -0.325 e. The Morgan fingerprint density at radius 2 is 2.05 bits per heavy atom. The lowest BCUT2D eigenvalue weighted by Crippen LogP contribution is -2.29. The van der Waals surface area contributed by atoms with Crippen molar-refractivity contribution in [1.82, 2.24) is 5.32 Å². The van der Waals surface area contributed by atoms with E-state index < -0.39 is 0 Å². The van der Waals surface area contributed by atoms with E-state index in [2.05, 4.69) is 23.6 Å². The van der Waals surface area contributed by atoms with Crippen molar-refractivity contribution in [3.05, 3.63) is 52.2 Å². The molecule has 1 amide bonds. The summed E-state index contributed by atoms with van der Waals surface area (Å²) in [5.41, 5.74) is 1.94. The van der Waals surface area contributed by atoms with Gasteiger partial charge in [0.15, 0.2) is 0 Å². The van der Waals surface area contributed by atoms with Gasteiger partial charge in [-0.15, -0.1) is 11.3 Å². The number of nitrogens with one attached hydrogen (secondary N) is 2. The van der Waals surface area contributed by atoms with Gasteiger partial charge in [-0.25, -0.2) is 0 Å². The molecular formula is C15H18N2OS. The number of benzene rings is 1. The molecule has 0 radical (unpaired) electrons. The lowest BCUT2D eigenvalue weighted by Gasteiger charge is -2.13. The van der Waals surface area contributed by atoms with Gasteiger partial charge >= 0.3 is 0 Å². The first-order valence-electron chi connectivity index (χ1n) is 6.29. The molecule has 4 heteroatoms. The summed E-state index contributed by atoms with van der Waals surface area (Å²) in [7, 11) is 0. The number of para-hydroxylation sites is 1. The number of amides is 1. The van der Waals surface area contributed by atoms with Gasteiger partial charge in [0, 0.05) is 16.6 Å². The van der Waals surface area contributed by atoms with E-state index in [4.69, 9.17) is 0 Å². The smallest absolute Gasteiger partial charge is 0.238 e. The zero-order valence-electron chi connectivity index (χ0n) is 11.1. The van der Waals surface area contributed by atoms with Crippen LogP contribution in [0.2, 0.25) is 0 Å². The quantitative estimate of drug-likeness (QED) is 0.878. The highest BCUT2D eigenvalue weighted by Crippen LogP contribution is 2.18. The maximum atomic E-state index is 11.9. The van der Waals surface area contributed by atoms with Crippen molar-refractivity contribution in [2.45, 2.75) is 19.9 Å². The van der Waals surface area contributed by atoms with Gasteiger partial charge in [0.1, 0.15) is 0 Å². The van der Waals surface area contributed by atoms with Crippen LogP contribution in [0.3, 0.4) is 0 Å². The van der Waals surface area contributed by atoms with Gasteiger partial charge in [0.2, 0.25) is 5.91 Å². The summed E-state index contributed by atoms with van der Waals surface area (Å²) in [5.74, 6) is -0.0160. The number of thiophene rings is 1. The molecule has 0 aliphatic carbocycles. The van der Waals surface area contributed by atoms with E-state index in [0.717, 1.165) is 11.3 Å². The molecule has 1 heterocycles. The highest BCUT2D eigenvalue weighted by Gasteiger charge is 2.09. The molecule has 3 nitrogen and oxygen atoms in total. The summed E-state index contributed by atoms with van der Waals surface area (Å²) in [6.45, 7) is 4.36. The van der Waals surface area contributed by atoms with E-state index in [1.807, 2.05) is 42.6 Å². The summed E-state index contributed by atoms with van der Waals surface area (Å²) in [6.07, 6.45) is 0. The van der Waals surface area contributed by atoms with Crippen LogP contribution >= 0.6 is 11.3 Å². The largest absolute Gasteiger partial charge is 0.325 e. The summed E-state index contributed by atoms with van der Waals surface area (Å²) in [4.78, 5) is 13.1. The van der Waals surface area contributed by atoms with E-state index >= 15 is 0 Å². The fraction of sp³-hybridized carbons (Fsp3) is 0.267. The van der Waals surface area contributed by atoms with Crippen LogP contribution in [0.25, 0.3) is 0 Å². The molecule has 0 saturated heterocycles. The Kier molecular flexibility index (Phi) is 4.71. The average Bonchev–Trinajstić information content (AvgIpc) is 2.93. The second kappa shape index (κ2) is 6.50. The predicted octanol–water partition coefficient (Wildman–Crippen LogP) is 3.35. The highest BCUT2D eigenvalue weighted by atomic mass is 32.1. The Morgan fingerprint density at radius 1 is 1.26 bits per heavy atom. The Hall–Kier alpha value is -1.65. The van der Waals surface area contributed by atoms with E-state index in [-0.39, 0.29) is 11.9 Å². The van der Waals surface area contributed by atoms with Crippen LogP contribution in [0.1, 0.15) is 23.4 Å². The molecule has 1 aromatic carbocycles. The van der Waals surface area contributed by atoms with Crippen molar-refractivity contribution in [2.24, 2.45) is 0 Å². The highest BCUT2D eigenvalue weighted by molar-refractivity contribution is 7.10. The van der Waals surface area contributed by atoms with E-state index in [9.17, 15) is 4.79 Å². The van der Waals surface area contributed by atoms with Crippen molar-refractivity contribution >= 4 is 22.9 Å². The fourth-order valence-corrected chi connectivity index (χ4v) is 2.55. The number of hydrogen-bond donors (Lipinski definition) is 2. The van der Waals surface area contributed by atoms with Crippen molar-refractivity contribution in [3.63, 3.8) is 0 Å². The fourth-order valence-electron chi connectivity index (χ4n) is 1.79. The number of hydrogen-bond acceptors (Lipinski definition) is 3. The lowest BCUT2D eigenvalue weighted by molar-refractivity contribution is -0.115. The van der Waals surface area contributed by atoms with Crippen LogP contribution in [0.4, 0.5) is 5.69 Å². The average molecular weight is 274 g/mol. The maximum Gasteiger partial charge on any atom is 0.238 e. The number of anilines is 1. The molecule has 0 spiro atoms. The van der Waals surface area contributed by atoms with E-state index in [0.29, 0.717) is 6.54 Å². The molecule has 0 fully saturated rings. The first-order chi connectivity index (χ1) is 9.16. The van der Waals surface area contributed by atoms with E-state index in [1.54, 1.807) is 11.3 Å². The van der Waals surface area contributed by atoms with Gasteiger partial charge in [-0.2, -0.15) is 0 Å². The normalized spacial score (nSPS) is 12.1. The third kappa shape index (κ3) is 3.91. The molecule has 100 valence electrons. The summed E-state index contributed by atoms with van der Waals surface area (Å²) >= 11 is 1.69. The third-order valence-corrected chi connectivity index (χ3v) is 4.01. The minimum absolute atomic E-state index is 0.0160. The van der Waals surface area contributed by atoms with Gasteiger partial charge in [-0.05, 0) is 36.9 Å². The predicted molar refractivity (Wildman–Crippen MR) is 80.5 cm³/mol. The molecule has 0 aliphatic heterocycles. The Labute approximate surface area is 117 Å². The topological polar surface area (TPSA) is 41.1 Å². The van der Waals surface area contributed by atoms with Crippen LogP contribution in [0.5, 0.6) is 0 Å². The number of rotatable bonds is 5. The van der Waals surface area contributed by atoms with Crippen molar-refractivity contribution in [2.75, 3.05) is 11.9 Å². The van der Waals surface area contributed by atoms with Crippen LogP contribution in [-0.2, 0) is 4.79 Å². The maximum absolute atomic E-state index is 11.9. The van der Waals surface area contributed by atoms with Gasteiger partial charge < -0.3 is 10.6 Å². The first kappa shape index (κ1) is 13.8. The zero-order chi connectivity index (χ0) is 13.7. The Balaban J connectivity index is 1.84. The van der Waals surface area contributed by atoms with Gasteiger partial charge in [0.25, 0.3) is 0 Å². The molecule has 1 aromatic heterocycles. The van der Waals surface area contributed by atoms with Crippen LogP contribution in [-0.4, -0.2) is 12.5 Å². The molecule has 2 rings (SSSR count). The molecule has 0 bridgehead atoms. The first-order valence-corrected chi connectivity index (χ1v) is 7.17. The van der Waals surface area contributed by atoms with Gasteiger partial charge in [-0.3, -0.25) is 4.79 Å². The molecule has 0 aliphatic rings. The second-order valence-corrected chi connectivity index (χ2v) is 5.46. The number of carbonyl (C=O) groups excluding carboxylic acids is 1. The molecular weight excluding hydrogens is 256 g/mol. The monoisotopic (exact) mass is 274 g/mol. The lowest BCUT2D eigenvalue weighted by atomic mass is 10.2. The molecule has 2 aromatic rings. The Morgan fingerprint density at radius 3 is 2.74 bits per heavy atom. The van der Waals surface area contributed by atoms with Crippen LogP contribution in [0.15, 0.2) is 41.8 Å². The molecule has 2 N–H and O–H groups in total. The second-order valence-electron chi connectivity index (χ2n) is 4.48. The standard InChI is InChI=1S/C15H18N2OS/c1-11-6-3-4-7-13(11)17-15(18)10-16-12(2)14-8-5-9-19-14/h3-9,12,16H,10H2,1-2H3,(H,17,18)/t12-/m0/s1. The summed E-state index contributed by atoms with van der Waals surface area (Å²) in [5, 5.41) is 8.18. The van der Waals surface area contributed by atoms with Crippen molar-refractivity contribution < 1.29 is 4.79 Å². The SMILES string of the molecule is Cc1ccccc1NC(=O)CN[C@@H](C)c1cccs1.